The predicted molar refractivity (Wildman–Crippen MR) is 51.4 cm³/mol. The zero-order valence-corrected chi connectivity index (χ0v) is 8.76. The van der Waals surface area contributed by atoms with Gasteiger partial charge in [-0.05, 0) is 33.6 Å². The van der Waals surface area contributed by atoms with E-state index in [1.807, 2.05) is 7.11 Å². The van der Waals surface area contributed by atoms with Crippen molar-refractivity contribution in [2.24, 2.45) is 0 Å². The molecule has 1 rings (SSSR count). The Morgan fingerprint density at radius 2 is 1.75 bits per heavy atom. The van der Waals surface area contributed by atoms with E-state index in [-0.39, 0.29) is 5.60 Å². The molecule has 1 aliphatic rings. The van der Waals surface area contributed by atoms with E-state index >= 15 is 0 Å². The number of hydrogen-bond acceptors (Lipinski definition) is 2. The first-order valence-corrected chi connectivity index (χ1v) is 4.86. The zero-order valence-electron chi connectivity index (χ0n) is 8.76. The minimum Gasteiger partial charge on any atom is -0.378 e. The summed E-state index contributed by atoms with van der Waals surface area (Å²) >= 11 is 0. The SMILES string of the molecule is COC1(C)CCN(C(C)C)CC1. The maximum atomic E-state index is 5.48. The van der Waals surface area contributed by atoms with E-state index in [1.54, 1.807) is 0 Å². The first-order chi connectivity index (χ1) is 5.57. The van der Waals surface area contributed by atoms with Crippen LogP contribution in [0.15, 0.2) is 0 Å². The molecule has 0 radical (unpaired) electrons. The quantitative estimate of drug-likeness (QED) is 0.629. The number of methoxy groups -OCH3 is 1. The summed E-state index contributed by atoms with van der Waals surface area (Å²) < 4.78 is 5.48. The van der Waals surface area contributed by atoms with Crippen LogP contribution in [0.4, 0.5) is 0 Å². The van der Waals surface area contributed by atoms with E-state index in [2.05, 4.69) is 25.7 Å². The van der Waals surface area contributed by atoms with Crippen LogP contribution in [0.2, 0.25) is 0 Å². The Hall–Kier alpha value is -0.0800. The molecule has 0 unspecified atom stereocenters. The van der Waals surface area contributed by atoms with Gasteiger partial charge in [0.05, 0.1) is 5.60 Å². The molecule has 0 bridgehead atoms. The fourth-order valence-corrected chi connectivity index (χ4v) is 1.72. The maximum Gasteiger partial charge on any atom is 0.0675 e. The van der Waals surface area contributed by atoms with Crippen LogP contribution < -0.4 is 0 Å². The van der Waals surface area contributed by atoms with Crippen LogP contribution in [-0.2, 0) is 4.74 Å². The molecular weight excluding hydrogens is 150 g/mol. The van der Waals surface area contributed by atoms with Crippen molar-refractivity contribution in [2.75, 3.05) is 20.2 Å². The van der Waals surface area contributed by atoms with Gasteiger partial charge in [-0.25, -0.2) is 0 Å². The van der Waals surface area contributed by atoms with Gasteiger partial charge < -0.3 is 9.64 Å². The number of ether oxygens (including phenoxy) is 1. The molecular formula is C10H21NO. The molecule has 2 nitrogen and oxygen atoms in total. The standard InChI is InChI=1S/C10H21NO/c1-9(2)11-7-5-10(3,12-4)6-8-11/h9H,5-8H2,1-4H3. The highest BCUT2D eigenvalue weighted by Gasteiger charge is 2.30. The zero-order chi connectivity index (χ0) is 9.19. The number of piperidine rings is 1. The van der Waals surface area contributed by atoms with E-state index in [0.29, 0.717) is 6.04 Å². The summed E-state index contributed by atoms with van der Waals surface area (Å²) in [5.41, 5.74) is 0.144. The van der Waals surface area contributed by atoms with Crippen LogP contribution in [0.3, 0.4) is 0 Å². The molecule has 1 heterocycles. The minimum atomic E-state index is 0.144. The lowest BCUT2D eigenvalue weighted by Gasteiger charge is -2.40. The number of likely N-dealkylation sites (tertiary alicyclic amines) is 1. The van der Waals surface area contributed by atoms with Crippen molar-refractivity contribution in [3.8, 4) is 0 Å². The minimum absolute atomic E-state index is 0.144. The van der Waals surface area contributed by atoms with Gasteiger partial charge in [0, 0.05) is 26.2 Å². The lowest BCUT2D eigenvalue weighted by Crippen LogP contribution is -2.46. The lowest BCUT2D eigenvalue weighted by atomic mass is 9.93. The molecule has 0 atom stereocenters. The summed E-state index contributed by atoms with van der Waals surface area (Å²) in [4.78, 5) is 2.51. The molecule has 1 fully saturated rings. The topological polar surface area (TPSA) is 12.5 Å². The van der Waals surface area contributed by atoms with Gasteiger partial charge in [0.1, 0.15) is 0 Å². The fourth-order valence-electron chi connectivity index (χ4n) is 1.72. The molecule has 0 amide bonds. The Morgan fingerprint density at radius 3 is 2.08 bits per heavy atom. The summed E-state index contributed by atoms with van der Waals surface area (Å²) in [6, 6.07) is 0.686. The van der Waals surface area contributed by atoms with Gasteiger partial charge in [0.25, 0.3) is 0 Å². The number of nitrogens with zero attached hydrogens (tertiary/aromatic N) is 1. The lowest BCUT2D eigenvalue weighted by molar-refractivity contribution is -0.0476. The van der Waals surface area contributed by atoms with Gasteiger partial charge >= 0.3 is 0 Å². The highest BCUT2D eigenvalue weighted by atomic mass is 16.5. The van der Waals surface area contributed by atoms with Gasteiger partial charge in [0.2, 0.25) is 0 Å². The van der Waals surface area contributed by atoms with Crippen LogP contribution >= 0.6 is 0 Å². The van der Waals surface area contributed by atoms with Crippen molar-refractivity contribution >= 4 is 0 Å². The summed E-state index contributed by atoms with van der Waals surface area (Å²) in [5, 5.41) is 0. The van der Waals surface area contributed by atoms with Gasteiger partial charge in [-0.1, -0.05) is 0 Å². The second-order valence-corrected chi connectivity index (χ2v) is 4.28. The first kappa shape index (κ1) is 10.0. The van der Waals surface area contributed by atoms with E-state index < -0.39 is 0 Å². The van der Waals surface area contributed by atoms with Crippen molar-refractivity contribution in [1.29, 1.82) is 0 Å². The molecule has 0 aromatic heterocycles. The van der Waals surface area contributed by atoms with Crippen molar-refractivity contribution in [3.05, 3.63) is 0 Å². The van der Waals surface area contributed by atoms with Crippen molar-refractivity contribution in [1.82, 2.24) is 4.90 Å². The van der Waals surface area contributed by atoms with Crippen LogP contribution in [0.25, 0.3) is 0 Å². The Labute approximate surface area is 75.9 Å². The van der Waals surface area contributed by atoms with E-state index in [9.17, 15) is 0 Å². The average Bonchev–Trinajstić information content (AvgIpc) is 2.05. The normalized spacial score (nSPS) is 24.8. The Morgan fingerprint density at radius 1 is 1.25 bits per heavy atom. The maximum absolute atomic E-state index is 5.48. The van der Waals surface area contributed by atoms with Crippen LogP contribution in [-0.4, -0.2) is 36.7 Å². The molecule has 12 heavy (non-hydrogen) atoms. The van der Waals surface area contributed by atoms with Gasteiger partial charge in [-0.2, -0.15) is 0 Å². The molecule has 0 N–H and O–H groups in total. The molecule has 1 saturated heterocycles. The summed E-state index contributed by atoms with van der Waals surface area (Å²) in [6.45, 7) is 9.10. The molecule has 0 aromatic carbocycles. The summed E-state index contributed by atoms with van der Waals surface area (Å²) in [6.07, 6.45) is 2.34. The monoisotopic (exact) mass is 171 g/mol. The Balaban J connectivity index is 2.39. The second kappa shape index (κ2) is 3.75. The van der Waals surface area contributed by atoms with Crippen LogP contribution in [0, 0.1) is 0 Å². The fraction of sp³-hybridized carbons (Fsp3) is 1.00. The third-order valence-electron chi connectivity index (χ3n) is 3.08. The average molecular weight is 171 g/mol. The van der Waals surface area contributed by atoms with Gasteiger partial charge in [0.15, 0.2) is 0 Å². The molecule has 0 aromatic rings. The smallest absolute Gasteiger partial charge is 0.0675 e. The molecule has 2 heteroatoms. The number of hydrogen-bond donors (Lipinski definition) is 0. The second-order valence-electron chi connectivity index (χ2n) is 4.28. The van der Waals surface area contributed by atoms with E-state index in [0.717, 1.165) is 0 Å². The van der Waals surface area contributed by atoms with Crippen molar-refractivity contribution in [3.63, 3.8) is 0 Å². The van der Waals surface area contributed by atoms with Crippen molar-refractivity contribution in [2.45, 2.75) is 45.3 Å². The Kier molecular flexibility index (Phi) is 3.13. The molecule has 0 aliphatic carbocycles. The Bertz CT molecular complexity index is 137. The summed E-state index contributed by atoms with van der Waals surface area (Å²) in [5.74, 6) is 0. The molecule has 72 valence electrons. The third kappa shape index (κ3) is 2.20. The van der Waals surface area contributed by atoms with Crippen LogP contribution in [0.5, 0.6) is 0 Å². The van der Waals surface area contributed by atoms with E-state index in [4.69, 9.17) is 4.74 Å². The predicted octanol–water partition coefficient (Wildman–Crippen LogP) is 1.90. The molecule has 0 spiro atoms. The van der Waals surface area contributed by atoms with Crippen molar-refractivity contribution < 1.29 is 4.74 Å². The molecule has 0 saturated carbocycles. The van der Waals surface area contributed by atoms with E-state index in [1.165, 1.54) is 25.9 Å². The molecule has 1 aliphatic heterocycles. The van der Waals surface area contributed by atoms with Gasteiger partial charge in [-0.3, -0.25) is 0 Å². The summed E-state index contributed by atoms with van der Waals surface area (Å²) in [7, 11) is 1.82. The third-order valence-corrected chi connectivity index (χ3v) is 3.08. The van der Waals surface area contributed by atoms with Crippen LogP contribution in [0.1, 0.15) is 33.6 Å². The first-order valence-electron chi connectivity index (χ1n) is 4.86. The highest BCUT2D eigenvalue weighted by molar-refractivity contribution is 4.84. The number of rotatable bonds is 2. The largest absolute Gasteiger partial charge is 0.378 e. The highest BCUT2D eigenvalue weighted by Crippen LogP contribution is 2.25. The van der Waals surface area contributed by atoms with Gasteiger partial charge in [-0.15, -0.1) is 0 Å².